The Morgan fingerprint density at radius 3 is 2.82 bits per heavy atom. The molecule has 0 aliphatic heterocycles. The molecule has 0 fully saturated rings. The van der Waals surface area contributed by atoms with E-state index in [9.17, 15) is 0 Å². The van der Waals surface area contributed by atoms with Crippen LogP contribution in [0.5, 0.6) is 0 Å². The molecule has 4 nitrogen and oxygen atoms in total. The Bertz CT molecular complexity index is 336. The summed E-state index contributed by atoms with van der Waals surface area (Å²) in [5, 5.41) is 3.11. The SMILES string of the molecule is CNCc1oc(CN(C)C(C)COC)cc1C. The van der Waals surface area contributed by atoms with Gasteiger partial charge in [-0.25, -0.2) is 0 Å². The molecule has 1 N–H and O–H groups in total. The van der Waals surface area contributed by atoms with Gasteiger partial charge in [0.1, 0.15) is 11.5 Å². The van der Waals surface area contributed by atoms with Crippen molar-refractivity contribution in [1.29, 1.82) is 0 Å². The van der Waals surface area contributed by atoms with E-state index in [0.717, 1.165) is 31.2 Å². The van der Waals surface area contributed by atoms with Gasteiger partial charge in [-0.1, -0.05) is 0 Å². The van der Waals surface area contributed by atoms with Crippen LogP contribution >= 0.6 is 0 Å². The number of hydrogen-bond donors (Lipinski definition) is 1. The summed E-state index contributed by atoms with van der Waals surface area (Å²) in [7, 11) is 5.74. The van der Waals surface area contributed by atoms with Crippen molar-refractivity contribution in [1.82, 2.24) is 10.2 Å². The molecule has 1 rings (SSSR count). The van der Waals surface area contributed by atoms with E-state index in [1.165, 1.54) is 5.56 Å². The fraction of sp³-hybridized carbons (Fsp3) is 0.692. The highest BCUT2D eigenvalue weighted by molar-refractivity contribution is 5.20. The average Bonchev–Trinajstić information content (AvgIpc) is 2.60. The zero-order valence-electron chi connectivity index (χ0n) is 11.5. The largest absolute Gasteiger partial charge is 0.463 e. The molecule has 98 valence electrons. The number of likely N-dealkylation sites (N-methyl/N-ethyl adjacent to an activating group) is 1. The van der Waals surface area contributed by atoms with Gasteiger partial charge in [0.25, 0.3) is 0 Å². The second kappa shape index (κ2) is 6.79. The second-order valence-corrected chi connectivity index (χ2v) is 4.57. The zero-order chi connectivity index (χ0) is 12.8. The normalized spacial score (nSPS) is 13.3. The Morgan fingerprint density at radius 2 is 2.24 bits per heavy atom. The van der Waals surface area contributed by atoms with Crippen LogP contribution in [0.1, 0.15) is 24.0 Å². The minimum absolute atomic E-state index is 0.387. The summed E-state index contributed by atoms with van der Waals surface area (Å²) in [4.78, 5) is 2.23. The van der Waals surface area contributed by atoms with Gasteiger partial charge in [-0.05, 0) is 39.6 Å². The lowest BCUT2D eigenvalue weighted by atomic mass is 10.2. The molecule has 1 heterocycles. The summed E-state index contributed by atoms with van der Waals surface area (Å²) in [6.07, 6.45) is 0. The van der Waals surface area contributed by atoms with Crippen molar-refractivity contribution in [2.45, 2.75) is 33.0 Å². The fourth-order valence-electron chi connectivity index (χ4n) is 1.77. The van der Waals surface area contributed by atoms with Gasteiger partial charge >= 0.3 is 0 Å². The molecule has 0 aromatic carbocycles. The molecule has 1 aromatic rings. The zero-order valence-corrected chi connectivity index (χ0v) is 11.5. The highest BCUT2D eigenvalue weighted by Gasteiger charge is 2.13. The number of rotatable bonds is 7. The quantitative estimate of drug-likeness (QED) is 0.788. The summed E-state index contributed by atoms with van der Waals surface area (Å²) in [5.41, 5.74) is 1.21. The van der Waals surface area contributed by atoms with Crippen molar-refractivity contribution in [2.24, 2.45) is 0 Å². The van der Waals surface area contributed by atoms with Gasteiger partial charge in [0.15, 0.2) is 0 Å². The average molecular weight is 240 g/mol. The number of nitrogens with one attached hydrogen (secondary N) is 1. The van der Waals surface area contributed by atoms with Crippen LogP contribution in [-0.4, -0.2) is 38.8 Å². The lowest BCUT2D eigenvalue weighted by Gasteiger charge is -2.22. The number of aryl methyl sites for hydroxylation is 1. The number of hydrogen-bond acceptors (Lipinski definition) is 4. The Balaban J connectivity index is 2.59. The molecule has 4 heteroatoms. The molecule has 0 amide bonds. The number of ether oxygens (including phenoxy) is 1. The summed E-state index contributed by atoms with van der Waals surface area (Å²) < 4.78 is 11.0. The van der Waals surface area contributed by atoms with Crippen molar-refractivity contribution in [3.8, 4) is 0 Å². The van der Waals surface area contributed by atoms with Gasteiger partial charge in [-0.3, -0.25) is 4.90 Å². The Hall–Kier alpha value is -0.840. The van der Waals surface area contributed by atoms with Gasteiger partial charge in [-0.15, -0.1) is 0 Å². The first-order valence-electron chi connectivity index (χ1n) is 6.00. The predicted octanol–water partition coefficient (Wildman–Crippen LogP) is 1.77. The van der Waals surface area contributed by atoms with Crippen molar-refractivity contribution in [3.63, 3.8) is 0 Å². The molecule has 0 radical (unpaired) electrons. The van der Waals surface area contributed by atoms with Crippen LogP contribution in [-0.2, 0) is 17.8 Å². The Labute approximate surface area is 104 Å². The van der Waals surface area contributed by atoms with E-state index in [1.807, 2.05) is 7.05 Å². The molecule has 1 aromatic heterocycles. The van der Waals surface area contributed by atoms with Crippen LogP contribution in [0.3, 0.4) is 0 Å². The highest BCUT2D eigenvalue weighted by Crippen LogP contribution is 2.16. The third-order valence-electron chi connectivity index (χ3n) is 2.97. The van der Waals surface area contributed by atoms with Gasteiger partial charge < -0.3 is 14.5 Å². The summed E-state index contributed by atoms with van der Waals surface area (Å²) in [5.74, 6) is 2.04. The number of furan rings is 1. The van der Waals surface area contributed by atoms with Gasteiger partial charge in [0.2, 0.25) is 0 Å². The van der Waals surface area contributed by atoms with E-state index in [-0.39, 0.29) is 0 Å². The lowest BCUT2D eigenvalue weighted by Crippen LogP contribution is -2.31. The smallest absolute Gasteiger partial charge is 0.120 e. The molecule has 1 unspecified atom stereocenters. The predicted molar refractivity (Wildman–Crippen MR) is 69.0 cm³/mol. The molecular weight excluding hydrogens is 216 g/mol. The molecule has 0 aliphatic carbocycles. The van der Waals surface area contributed by atoms with Gasteiger partial charge in [0, 0.05) is 13.2 Å². The van der Waals surface area contributed by atoms with Crippen LogP contribution in [0.4, 0.5) is 0 Å². The first-order valence-corrected chi connectivity index (χ1v) is 6.00. The third kappa shape index (κ3) is 4.15. The first kappa shape index (κ1) is 14.2. The van der Waals surface area contributed by atoms with Crippen molar-refractivity contribution in [3.05, 3.63) is 23.2 Å². The molecule has 0 saturated heterocycles. The molecule has 0 saturated carbocycles. The van der Waals surface area contributed by atoms with E-state index in [4.69, 9.17) is 9.15 Å². The van der Waals surface area contributed by atoms with E-state index < -0.39 is 0 Å². The van der Waals surface area contributed by atoms with Crippen LogP contribution in [0.2, 0.25) is 0 Å². The van der Waals surface area contributed by atoms with Crippen LogP contribution < -0.4 is 5.32 Å². The fourth-order valence-corrected chi connectivity index (χ4v) is 1.77. The number of methoxy groups -OCH3 is 1. The van der Waals surface area contributed by atoms with Crippen LogP contribution in [0.25, 0.3) is 0 Å². The Morgan fingerprint density at radius 1 is 1.53 bits per heavy atom. The van der Waals surface area contributed by atoms with Crippen molar-refractivity contribution in [2.75, 3.05) is 27.8 Å². The van der Waals surface area contributed by atoms with Crippen molar-refractivity contribution < 1.29 is 9.15 Å². The van der Waals surface area contributed by atoms with E-state index >= 15 is 0 Å². The molecule has 0 bridgehead atoms. The van der Waals surface area contributed by atoms with Gasteiger partial charge in [-0.2, -0.15) is 0 Å². The standard InChI is InChI=1S/C13H24N2O2/c1-10-6-12(17-13(10)7-14-3)8-15(4)11(2)9-16-5/h6,11,14H,7-9H2,1-5H3. The molecule has 17 heavy (non-hydrogen) atoms. The minimum atomic E-state index is 0.387. The maximum absolute atomic E-state index is 5.81. The molecule has 0 spiro atoms. The van der Waals surface area contributed by atoms with E-state index in [1.54, 1.807) is 7.11 Å². The van der Waals surface area contributed by atoms with Crippen LogP contribution in [0, 0.1) is 6.92 Å². The maximum Gasteiger partial charge on any atom is 0.120 e. The highest BCUT2D eigenvalue weighted by atomic mass is 16.5. The second-order valence-electron chi connectivity index (χ2n) is 4.57. The third-order valence-corrected chi connectivity index (χ3v) is 2.97. The topological polar surface area (TPSA) is 37.6 Å². The summed E-state index contributed by atoms with van der Waals surface area (Å²) in [6.45, 7) is 6.56. The lowest BCUT2D eigenvalue weighted by molar-refractivity contribution is 0.107. The van der Waals surface area contributed by atoms with E-state index in [0.29, 0.717) is 6.04 Å². The minimum Gasteiger partial charge on any atom is -0.463 e. The molecular formula is C13H24N2O2. The molecule has 1 atom stereocenters. The summed E-state index contributed by atoms with van der Waals surface area (Å²) >= 11 is 0. The Kier molecular flexibility index (Phi) is 5.68. The molecule has 0 aliphatic rings. The maximum atomic E-state index is 5.81. The summed E-state index contributed by atoms with van der Waals surface area (Å²) in [6, 6.07) is 2.50. The van der Waals surface area contributed by atoms with E-state index in [2.05, 4.69) is 37.2 Å². The first-order chi connectivity index (χ1) is 8.08. The van der Waals surface area contributed by atoms with Crippen LogP contribution in [0.15, 0.2) is 10.5 Å². The number of nitrogens with zero attached hydrogens (tertiary/aromatic N) is 1. The van der Waals surface area contributed by atoms with Crippen molar-refractivity contribution >= 4 is 0 Å². The van der Waals surface area contributed by atoms with Gasteiger partial charge in [0.05, 0.1) is 19.7 Å². The monoisotopic (exact) mass is 240 g/mol.